The van der Waals surface area contributed by atoms with E-state index in [9.17, 15) is 9.90 Å². The molecular weight excluding hydrogens is 286 g/mol. The number of aromatic carboxylic acids is 1. The molecule has 2 heterocycles. The highest BCUT2D eigenvalue weighted by atomic mass is 16.5. The van der Waals surface area contributed by atoms with Gasteiger partial charge in [-0.1, -0.05) is 0 Å². The van der Waals surface area contributed by atoms with Crippen LogP contribution in [-0.4, -0.2) is 39.9 Å². The van der Waals surface area contributed by atoms with Gasteiger partial charge in [-0.2, -0.15) is 0 Å². The summed E-state index contributed by atoms with van der Waals surface area (Å²) < 4.78 is 11.9. The van der Waals surface area contributed by atoms with Gasteiger partial charge in [0, 0.05) is 17.8 Å². The Kier molecular flexibility index (Phi) is 3.38. The lowest BCUT2D eigenvalue weighted by atomic mass is 10.2. The maximum Gasteiger partial charge on any atom is 0.339 e. The Hall–Kier alpha value is -3.09. The standard InChI is InChI=1S/C15H13N3O4/c1-21-10-6-9(7-11(8-10)22-2)13-16-14-12(15(19)20)4-3-5-18(14)17-13/h3-8H,1-2H3,(H,19,20). The van der Waals surface area contributed by atoms with Crippen molar-refractivity contribution in [2.24, 2.45) is 0 Å². The van der Waals surface area contributed by atoms with Gasteiger partial charge in [-0.15, -0.1) is 5.10 Å². The van der Waals surface area contributed by atoms with Gasteiger partial charge < -0.3 is 14.6 Å². The van der Waals surface area contributed by atoms with Crippen molar-refractivity contribution in [1.82, 2.24) is 14.6 Å². The van der Waals surface area contributed by atoms with Crippen molar-refractivity contribution in [3.8, 4) is 22.9 Å². The number of carboxylic acid groups (broad SMARTS) is 1. The number of hydrogen-bond acceptors (Lipinski definition) is 5. The van der Waals surface area contributed by atoms with Crippen molar-refractivity contribution in [2.75, 3.05) is 14.2 Å². The first-order valence-electron chi connectivity index (χ1n) is 6.44. The minimum Gasteiger partial charge on any atom is -0.497 e. The average molecular weight is 299 g/mol. The van der Waals surface area contributed by atoms with Gasteiger partial charge in [-0.05, 0) is 24.3 Å². The third kappa shape index (κ3) is 2.32. The van der Waals surface area contributed by atoms with Gasteiger partial charge in [0.15, 0.2) is 11.5 Å². The van der Waals surface area contributed by atoms with Crippen LogP contribution in [0.15, 0.2) is 36.5 Å². The van der Waals surface area contributed by atoms with Crippen molar-refractivity contribution >= 4 is 11.6 Å². The minimum atomic E-state index is -1.05. The summed E-state index contributed by atoms with van der Waals surface area (Å²) >= 11 is 0. The lowest BCUT2D eigenvalue weighted by Crippen LogP contribution is -2.00. The lowest BCUT2D eigenvalue weighted by molar-refractivity contribution is 0.0698. The van der Waals surface area contributed by atoms with Gasteiger partial charge >= 0.3 is 5.97 Å². The minimum absolute atomic E-state index is 0.0936. The molecule has 0 aliphatic heterocycles. The molecule has 0 bridgehead atoms. The van der Waals surface area contributed by atoms with E-state index in [1.807, 2.05) is 0 Å². The predicted molar refractivity (Wildman–Crippen MR) is 78.5 cm³/mol. The number of carbonyl (C=O) groups is 1. The number of rotatable bonds is 4. The number of nitrogens with zero attached hydrogens (tertiary/aromatic N) is 3. The molecule has 0 fully saturated rings. The Labute approximate surface area is 125 Å². The third-order valence-electron chi connectivity index (χ3n) is 3.20. The lowest BCUT2D eigenvalue weighted by Gasteiger charge is -2.05. The van der Waals surface area contributed by atoms with Crippen molar-refractivity contribution in [3.63, 3.8) is 0 Å². The van der Waals surface area contributed by atoms with E-state index in [0.29, 0.717) is 22.9 Å². The van der Waals surface area contributed by atoms with Crippen LogP contribution in [0.2, 0.25) is 0 Å². The van der Waals surface area contributed by atoms with E-state index in [-0.39, 0.29) is 11.2 Å². The van der Waals surface area contributed by atoms with E-state index >= 15 is 0 Å². The highest BCUT2D eigenvalue weighted by Gasteiger charge is 2.15. The normalized spacial score (nSPS) is 10.6. The molecule has 0 radical (unpaired) electrons. The second-order valence-corrected chi connectivity index (χ2v) is 4.53. The Bertz CT molecular complexity index is 835. The molecule has 7 heteroatoms. The fourth-order valence-corrected chi connectivity index (χ4v) is 2.13. The van der Waals surface area contributed by atoms with E-state index in [1.165, 1.54) is 10.6 Å². The highest BCUT2D eigenvalue weighted by molar-refractivity contribution is 5.94. The van der Waals surface area contributed by atoms with E-state index in [4.69, 9.17) is 9.47 Å². The molecule has 1 N–H and O–H groups in total. The number of methoxy groups -OCH3 is 2. The maximum absolute atomic E-state index is 11.2. The summed E-state index contributed by atoms with van der Waals surface area (Å²) in [5.41, 5.74) is 1.05. The van der Waals surface area contributed by atoms with Crippen LogP contribution < -0.4 is 9.47 Å². The fourth-order valence-electron chi connectivity index (χ4n) is 2.13. The monoisotopic (exact) mass is 299 g/mol. The van der Waals surface area contributed by atoms with Gasteiger partial charge in [0.05, 0.1) is 14.2 Å². The van der Waals surface area contributed by atoms with Gasteiger partial charge in [0.25, 0.3) is 0 Å². The van der Waals surface area contributed by atoms with Crippen LogP contribution in [0, 0.1) is 0 Å². The molecule has 22 heavy (non-hydrogen) atoms. The molecular formula is C15H13N3O4. The van der Waals surface area contributed by atoms with Crippen LogP contribution >= 0.6 is 0 Å². The third-order valence-corrected chi connectivity index (χ3v) is 3.20. The van der Waals surface area contributed by atoms with Crippen LogP contribution in [0.25, 0.3) is 17.0 Å². The Morgan fingerprint density at radius 3 is 2.45 bits per heavy atom. The molecule has 0 aliphatic rings. The summed E-state index contributed by atoms with van der Waals surface area (Å²) in [5, 5.41) is 13.5. The summed E-state index contributed by atoms with van der Waals surface area (Å²) in [6.45, 7) is 0. The molecule has 0 aliphatic carbocycles. The molecule has 3 aromatic rings. The van der Waals surface area contributed by atoms with Crippen molar-refractivity contribution in [3.05, 3.63) is 42.1 Å². The smallest absolute Gasteiger partial charge is 0.339 e. The van der Waals surface area contributed by atoms with Gasteiger partial charge in [0.1, 0.15) is 17.1 Å². The summed E-state index contributed by atoms with van der Waals surface area (Å²) in [6, 6.07) is 8.36. The van der Waals surface area contributed by atoms with Crippen LogP contribution in [0.1, 0.15) is 10.4 Å². The van der Waals surface area contributed by atoms with Crippen LogP contribution in [0.4, 0.5) is 0 Å². The summed E-state index contributed by atoms with van der Waals surface area (Å²) in [7, 11) is 3.11. The Morgan fingerprint density at radius 2 is 1.86 bits per heavy atom. The Balaban J connectivity index is 2.18. The van der Waals surface area contributed by atoms with E-state index in [1.54, 1.807) is 44.7 Å². The second-order valence-electron chi connectivity index (χ2n) is 4.53. The van der Waals surface area contributed by atoms with Crippen molar-refractivity contribution in [1.29, 1.82) is 0 Å². The zero-order chi connectivity index (χ0) is 15.7. The topological polar surface area (TPSA) is 86.0 Å². The van der Waals surface area contributed by atoms with Crippen LogP contribution in [0.5, 0.6) is 11.5 Å². The van der Waals surface area contributed by atoms with Crippen LogP contribution in [-0.2, 0) is 0 Å². The first-order chi connectivity index (χ1) is 10.6. The van der Waals surface area contributed by atoms with Gasteiger partial charge in [-0.25, -0.2) is 14.3 Å². The second kappa shape index (κ2) is 5.36. The summed E-state index contributed by atoms with van der Waals surface area (Å²) in [6.07, 6.45) is 1.65. The number of hydrogen-bond donors (Lipinski definition) is 1. The van der Waals surface area contributed by atoms with Crippen LogP contribution in [0.3, 0.4) is 0 Å². The molecule has 0 amide bonds. The first kappa shape index (κ1) is 13.9. The molecule has 0 saturated heterocycles. The van der Waals surface area contributed by atoms with Gasteiger partial charge in [-0.3, -0.25) is 0 Å². The van der Waals surface area contributed by atoms with Crippen molar-refractivity contribution < 1.29 is 19.4 Å². The highest BCUT2D eigenvalue weighted by Crippen LogP contribution is 2.28. The molecule has 1 aromatic carbocycles. The Morgan fingerprint density at radius 1 is 1.18 bits per heavy atom. The average Bonchev–Trinajstić information content (AvgIpc) is 2.98. The molecule has 3 rings (SSSR count). The molecule has 0 spiro atoms. The predicted octanol–water partition coefficient (Wildman–Crippen LogP) is 2.11. The first-order valence-corrected chi connectivity index (χ1v) is 6.44. The zero-order valence-electron chi connectivity index (χ0n) is 12.0. The molecule has 7 nitrogen and oxygen atoms in total. The molecule has 2 aromatic heterocycles. The largest absolute Gasteiger partial charge is 0.497 e. The number of aromatic nitrogens is 3. The number of fused-ring (bicyclic) bond motifs is 1. The van der Waals surface area contributed by atoms with E-state index in [0.717, 1.165) is 0 Å². The van der Waals surface area contributed by atoms with E-state index in [2.05, 4.69) is 10.1 Å². The molecule has 0 atom stereocenters. The number of carboxylic acids is 1. The summed E-state index contributed by atoms with van der Waals surface area (Å²) in [5.74, 6) is 0.553. The quantitative estimate of drug-likeness (QED) is 0.794. The zero-order valence-corrected chi connectivity index (χ0v) is 12.0. The fraction of sp³-hybridized carbons (Fsp3) is 0.133. The maximum atomic E-state index is 11.2. The summed E-state index contributed by atoms with van der Waals surface area (Å²) in [4.78, 5) is 15.6. The number of pyridine rings is 1. The van der Waals surface area contributed by atoms with Gasteiger partial charge in [0.2, 0.25) is 0 Å². The molecule has 112 valence electrons. The van der Waals surface area contributed by atoms with Crippen molar-refractivity contribution in [2.45, 2.75) is 0 Å². The molecule has 0 unspecified atom stereocenters. The SMILES string of the molecule is COc1cc(OC)cc(-c2nc3c(C(=O)O)cccn3n2)c1. The number of ether oxygens (including phenoxy) is 2. The number of benzene rings is 1. The molecule has 0 saturated carbocycles. The van der Waals surface area contributed by atoms with E-state index < -0.39 is 5.97 Å².